The molecule has 1 aliphatic rings. The number of amides is 2. The molecule has 1 aliphatic carbocycles. The lowest BCUT2D eigenvalue weighted by atomic mass is 10.1. The fourth-order valence-electron chi connectivity index (χ4n) is 1.75. The SMILES string of the molecule is CC(C)(C)SCC(=O)Nc1ccccc1C(=O)NC1CC1. The van der Waals surface area contributed by atoms with Gasteiger partial charge in [-0.25, -0.2) is 0 Å². The Morgan fingerprint density at radius 1 is 1.24 bits per heavy atom. The molecule has 1 fully saturated rings. The third kappa shape index (κ3) is 5.42. The van der Waals surface area contributed by atoms with Crippen LogP contribution in [0.1, 0.15) is 44.0 Å². The molecule has 2 rings (SSSR count). The Bertz CT molecular complexity index is 533. The minimum atomic E-state index is -0.114. The Kier molecular flexibility index (Phi) is 4.93. The van der Waals surface area contributed by atoms with Gasteiger partial charge in [-0.1, -0.05) is 32.9 Å². The number of hydrogen-bond donors (Lipinski definition) is 2. The van der Waals surface area contributed by atoms with Crippen molar-refractivity contribution in [2.75, 3.05) is 11.1 Å². The van der Waals surface area contributed by atoms with Gasteiger partial charge in [0.05, 0.1) is 17.0 Å². The van der Waals surface area contributed by atoms with Gasteiger partial charge in [-0.05, 0) is 25.0 Å². The molecule has 0 heterocycles. The molecule has 0 radical (unpaired) electrons. The summed E-state index contributed by atoms with van der Waals surface area (Å²) >= 11 is 1.58. The number of carbonyl (C=O) groups excluding carboxylic acids is 2. The molecule has 4 nitrogen and oxygen atoms in total. The van der Waals surface area contributed by atoms with Crippen molar-refractivity contribution < 1.29 is 9.59 Å². The van der Waals surface area contributed by atoms with Crippen LogP contribution in [0.25, 0.3) is 0 Å². The van der Waals surface area contributed by atoms with Crippen LogP contribution in [-0.2, 0) is 4.79 Å². The molecular weight excluding hydrogens is 284 g/mol. The summed E-state index contributed by atoms with van der Waals surface area (Å²) in [6.45, 7) is 6.21. The van der Waals surface area contributed by atoms with Crippen molar-refractivity contribution in [3.8, 4) is 0 Å². The minimum absolute atomic E-state index is 0.0419. The zero-order valence-electron chi connectivity index (χ0n) is 12.7. The predicted molar refractivity (Wildman–Crippen MR) is 87.8 cm³/mol. The number of para-hydroxylation sites is 1. The standard InChI is InChI=1S/C16H22N2O2S/c1-16(2,3)21-10-14(19)18-13-7-5-4-6-12(13)15(20)17-11-8-9-11/h4-7,11H,8-10H2,1-3H3,(H,17,20)(H,18,19). The van der Waals surface area contributed by atoms with E-state index in [9.17, 15) is 9.59 Å². The molecule has 0 unspecified atom stereocenters. The highest BCUT2D eigenvalue weighted by molar-refractivity contribution is 8.01. The van der Waals surface area contributed by atoms with E-state index in [1.54, 1.807) is 30.0 Å². The van der Waals surface area contributed by atoms with E-state index in [1.165, 1.54) is 0 Å². The van der Waals surface area contributed by atoms with Crippen molar-refractivity contribution in [3.05, 3.63) is 29.8 Å². The van der Waals surface area contributed by atoms with Gasteiger partial charge < -0.3 is 10.6 Å². The van der Waals surface area contributed by atoms with Crippen molar-refractivity contribution in [2.24, 2.45) is 0 Å². The maximum atomic E-state index is 12.1. The highest BCUT2D eigenvalue weighted by atomic mass is 32.2. The molecule has 0 bridgehead atoms. The smallest absolute Gasteiger partial charge is 0.253 e. The van der Waals surface area contributed by atoms with Crippen LogP contribution in [-0.4, -0.2) is 28.4 Å². The molecule has 2 N–H and O–H groups in total. The largest absolute Gasteiger partial charge is 0.349 e. The van der Waals surface area contributed by atoms with Crippen LogP contribution >= 0.6 is 11.8 Å². The van der Waals surface area contributed by atoms with Gasteiger partial charge in [0, 0.05) is 10.8 Å². The third-order valence-electron chi connectivity index (χ3n) is 2.99. The van der Waals surface area contributed by atoms with Crippen LogP contribution in [0.15, 0.2) is 24.3 Å². The van der Waals surface area contributed by atoms with Crippen molar-refractivity contribution in [1.82, 2.24) is 5.32 Å². The molecule has 0 atom stereocenters. The van der Waals surface area contributed by atoms with Crippen LogP contribution in [0.3, 0.4) is 0 Å². The van der Waals surface area contributed by atoms with Gasteiger partial charge >= 0.3 is 0 Å². The predicted octanol–water partition coefficient (Wildman–Crippen LogP) is 3.05. The zero-order valence-corrected chi connectivity index (χ0v) is 13.5. The van der Waals surface area contributed by atoms with Gasteiger partial charge in [-0.2, -0.15) is 0 Å². The van der Waals surface area contributed by atoms with Gasteiger partial charge in [-0.15, -0.1) is 11.8 Å². The number of benzene rings is 1. The molecule has 0 aliphatic heterocycles. The van der Waals surface area contributed by atoms with E-state index in [0.29, 0.717) is 23.0 Å². The topological polar surface area (TPSA) is 58.2 Å². The molecule has 0 spiro atoms. The van der Waals surface area contributed by atoms with E-state index < -0.39 is 0 Å². The summed E-state index contributed by atoms with van der Waals surface area (Å²) < 4.78 is 0.0419. The number of thioether (sulfide) groups is 1. The number of carbonyl (C=O) groups is 2. The summed E-state index contributed by atoms with van der Waals surface area (Å²) in [7, 11) is 0. The summed E-state index contributed by atoms with van der Waals surface area (Å²) in [5.74, 6) is 0.181. The second-order valence-electron chi connectivity index (χ2n) is 6.24. The Morgan fingerprint density at radius 2 is 1.90 bits per heavy atom. The van der Waals surface area contributed by atoms with Gasteiger partial charge in [-0.3, -0.25) is 9.59 Å². The first-order valence-electron chi connectivity index (χ1n) is 7.19. The Morgan fingerprint density at radius 3 is 2.52 bits per heavy atom. The lowest BCUT2D eigenvalue weighted by molar-refractivity contribution is -0.113. The summed E-state index contributed by atoms with van der Waals surface area (Å²) in [4.78, 5) is 24.2. The number of hydrogen-bond acceptors (Lipinski definition) is 3. The first-order chi connectivity index (χ1) is 9.85. The summed E-state index contributed by atoms with van der Waals surface area (Å²) in [5.41, 5.74) is 1.11. The Hall–Kier alpha value is -1.49. The lowest BCUT2D eigenvalue weighted by Gasteiger charge is -2.17. The lowest BCUT2D eigenvalue weighted by Crippen LogP contribution is -2.27. The molecule has 1 aromatic carbocycles. The quantitative estimate of drug-likeness (QED) is 0.879. The van der Waals surface area contributed by atoms with Crippen molar-refractivity contribution >= 4 is 29.3 Å². The maximum Gasteiger partial charge on any atom is 0.253 e. The highest BCUT2D eigenvalue weighted by Gasteiger charge is 2.25. The highest BCUT2D eigenvalue weighted by Crippen LogP contribution is 2.24. The summed E-state index contributed by atoms with van der Waals surface area (Å²) in [6, 6.07) is 7.44. The number of rotatable bonds is 5. The van der Waals surface area contributed by atoms with Crippen molar-refractivity contribution in [1.29, 1.82) is 0 Å². The second-order valence-corrected chi connectivity index (χ2v) is 8.04. The average Bonchev–Trinajstić information content (AvgIpc) is 3.20. The van der Waals surface area contributed by atoms with Crippen LogP contribution in [0.2, 0.25) is 0 Å². The van der Waals surface area contributed by atoms with Gasteiger partial charge in [0.25, 0.3) is 5.91 Å². The van der Waals surface area contributed by atoms with Crippen LogP contribution in [0, 0.1) is 0 Å². The van der Waals surface area contributed by atoms with E-state index in [-0.39, 0.29) is 16.6 Å². The molecule has 21 heavy (non-hydrogen) atoms. The van der Waals surface area contributed by atoms with E-state index >= 15 is 0 Å². The number of nitrogens with one attached hydrogen (secondary N) is 2. The fourth-order valence-corrected chi connectivity index (χ4v) is 2.39. The van der Waals surface area contributed by atoms with Crippen LogP contribution in [0.4, 0.5) is 5.69 Å². The monoisotopic (exact) mass is 306 g/mol. The van der Waals surface area contributed by atoms with E-state index in [0.717, 1.165) is 12.8 Å². The van der Waals surface area contributed by atoms with Gasteiger partial charge in [0.1, 0.15) is 0 Å². The first kappa shape index (κ1) is 15.9. The molecule has 1 aromatic rings. The molecule has 1 saturated carbocycles. The van der Waals surface area contributed by atoms with Crippen LogP contribution < -0.4 is 10.6 Å². The second kappa shape index (κ2) is 6.52. The summed E-state index contributed by atoms with van der Waals surface area (Å²) in [5, 5.41) is 5.78. The van der Waals surface area contributed by atoms with Crippen molar-refractivity contribution in [3.63, 3.8) is 0 Å². The van der Waals surface area contributed by atoms with Gasteiger partial charge in [0.15, 0.2) is 0 Å². The molecule has 2 amide bonds. The van der Waals surface area contributed by atoms with Crippen LogP contribution in [0.5, 0.6) is 0 Å². The fraction of sp³-hybridized carbons (Fsp3) is 0.500. The summed E-state index contributed by atoms with van der Waals surface area (Å²) in [6.07, 6.45) is 2.09. The van der Waals surface area contributed by atoms with E-state index in [1.807, 2.05) is 6.07 Å². The third-order valence-corrected chi connectivity index (χ3v) is 4.27. The normalized spacial score (nSPS) is 14.6. The zero-order chi connectivity index (χ0) is 15.5. The van der Waals surface area contributed by atoms with Crippen molar-refractivity contribution in [2.45, 2.75) is 44.4 Å². The maximum absolute atomic E-state index is 12.1. The molecule has 114 valence electrons. The molecular formula is C16H22N2O2S. The Labute approximate surface area is 130 Å². The Balaban J connectivity index is 1.98. The van der Waals surface area contributed by atoms with Gasteiger partial charge in [0.2, 0.25) is 5.91 Å². The minimum Gasteiger partial charge on any atom is -0.349 e. The molecule has 5 heteroatoms. The first-order valence-corrected chi connectivity index (χ1v) is 8.17. The number of anilines is 1. The molecule has 0 aromatic heterocycles. The average molecular weight is 306 g/mol. The van der Waals surface area contributed by atoms with E-state index in [2.05, 4.69) is 31.4 Å². The molecule has 0 saturated heterocycles. The van der Waals surface area contributed by atoms with E-state index in [4.69, 9.17) is 0 Å².